The zero-order valence-electron chi connectivity index (χ0n) is 10.2. The Morgan fingerprint density at radius 2 is 1.84 bits per heavy atom. The quantitative estimate of drug-likeness (QED) is 0.878. The highest BCUT2D eigenvalue weighted by atomic mass is 79.9. The zero-order chi connectivity index (χ0) is 14.0. The molecule has 2 rings (SSSR count). The van der Waals surface area contributed by atoms with Crippen LogP contribution in [0.2, 0.25) is 0 Å². The van der Waals surface area contributed by atoms with E-state index in [2.05, 4.69) is 21.2 Å². The topological polar surface area (TPSA) is 32.3 Å². The Morgan fingerprint density at radius 3 is 2.47 bits per heavy atom. The number of aromatic hydroxyl groups is 1. The van der Waals surface area contributed by atoms with Gasteiger partial charge in [-0.2, -0.15) is 0 Å². The number of para-hydroxylation sites is 1. The molecule has 2 aromatic rings. The fourth-order valence-corrected chi connectivity index (χ4v) is 2.16. The van der Waals surface area contributed by atoms with Crippen molar-refractivity contribution in [3.63, 3.8) is 0 Å². The molecule has 0 fully saturated rings. The van der Waals surface area contributed by atoms with Crippen LogP contribution >= 0.6 is 15.9 Å². The van der Waals surface area contributed by atoms with Gasteiger partial charge in [0.15, 0.2) is 0 Å². The molecule has 0 spiro atoms. The molecule has 0 heterocycles. The van der Waals surface area contributed by atoms with Crippen LogP contribution in [0.3, 0.4) is 0 Å². The van der Waals surface area contributed by atoms with Gasteiger partial charge in [-0.3, -0.25) is 0 Å². The van der Waals surface area contributed by atoms with E-state index < -0.39 is 11.6 Å². The number of benzene rings is 2. The minimum Gasteiger partial charge on any atom is -0.507 e. The third-order valence-electron chi connectivity index (χ3n) is 2.78. The van der Waals surface area contributed by atoms with Crippen LogP contribution in [0.15, 0.2) is 34.8 Å². The number of anilines is 1. The first-order valence-corrected chi connectivity index (χ1v) is 6.44. The normalized spacial score (nSPS) is 10.5. The Hall–Kier alpha value is -1.62. The number of phenolic OH excluding ortho intramolecular Hbond substituents is 1. The van der Waals surface area contributed by atoms with Crippen LogP contribution in [-0.4, -0.2) is 5.11 Å². The van der Waals surface area contributed by atoms with Crippen molar-refractivity contribution in [3.8, 4) is 5.75 Å². The molecule has 0 amide bonds. The summed E-state index contributed by atoms with van der Waals surface area (Å²) in [5, 5.41) is 12.5. The van der Waals surface area contributed by atoms with Gasteiger partial charge in [0.2, 0.25) is 0 Å². The zero-order valence-corrected chi connectivity index (χ0v) is 11.8. The van der Waals surface area contributed by atoms with Gasteiger partial charge in [-0.15, -0.1) is 0 Å². The van der Waals surface area contributed by atoms with Gasteiger partial charge in [-0.25, -0.2) is 8.78 Å². The van der Waals surface area contributed by atoms with Crippen molar-refractivity contribution < 1.29 is 13.9 Å². The third-order valence-corrected chi connectivity index (χ3v) is 3.24. The number of aryl methyl sites for hydroxylation is 1. The Bertz CT molecular complexity index is 593. The van der Waals surface area contributed by atoms with Gasteiger partial charge in [-0.05, 0) is 24.6 Å². The van der Waals surface area contributed by atoms with Crippen molar-refractivity contribution in [2.24, 2.45) is 0 Å². The molecule has 0 atom stereocenters. The van der Waals surface area contributed by atoms with Crippen LogP contribution in [-0.2, 0) is 6.54 Å². The summed E-state index contributed by atoms with van der Waals surface area (Å²) in [6, 6.07) is 7.60. The first-order chi connectivity index (χ1) is 8.99. The van der Waals surface area contributed by atoms with E-state index in [1.807, 2.05) is 0 Å². The van der Waals surface area contributed by atoms with E-state index in [1.165, 1.54) is 12.1 Å². The van der Waals surface area contributed by atoms with Crippen LogP contribution < -0.4 is 5.32 Å². The average Bonchev–Trinajstić information content (AvgIpc) is 2.33. The first kappa shape index (κ1) is 13.8. The second kappa shape index (κ2) is 5.57. The lowest BCUT2D eigenvalue weighted by Gasteiger charge is -2.11. The molecule has 0 aliphatic rings. The average molecular weight is 328 g/mol. The molecule has 19 heavy (non-hydrogen) atoms. The summed E-state index contributed by atoms with van der Waals surface area (Å²) in [7, 11) is 0. The predicted molar refractivity (Wildman–Crippen MR) is 74.2 cm³/mol. The highest BCUT2D eigenvalue weighted by molar-refractivity contribution is 9.10. The van der Waals surface area contributed by atoms with Gasteiger partial charge in [0, 0.05) is 16.6 Å². The fraction of sp³-hybridized carbons (Fsp3) is 0.143. The maximum atomic E-state index is 13.6. The van der Waals surface area contributed by atoms with Crippen LogP contribution in [0.4, 0.5) is 14.5 Å². The van der Waals surface area contributed by atoms with Gasteiger partial charge < -0.3 is 10.4 Å². The number of hydrogen-bond donors (Lipinski definition) is 2. The summed E-state index contributed by atoms with van der Waals surface area (Å²) >= 11 is 3.02. The number of hydrogen-bond acceptors (Lipinski definition) is 2. The maximum absolute atomic E-state index is 13.6. The Balaban J connectivity index is 2.22. The monoisotopic (exact) mass is 327 g/mol. The Kier molecular flexibility index (Phi) is 4.04. The lowest BCUT2D eigenvalue weighted by Crippen LogP contribution is -2.04. The summed E-state index contributed by atoms with van der Waals surface area (Å²) in [4.78, 5) is 0. The summed E-state index contributed by atoms with van der Waals surface area (Å²) in [5.41, 5.74) is 1.10. The minimum atomic E-state index is -0.681. The van der Waals surface area contributed by atoms with Crippen molar-refractivity contribution in [3.05, 3.63) is 57.6 Å². The van der Waals surface area contributed by atoms with Crippen molar-refractivity contribution in [2.45, 2.75) is 13.5 Å². The molecule has 0 aromatic heterocycles. The summed E-state index contributed by atoms with van der Waals surface area (Å²) < 4.78 is 27.5. The molecule has 2 aromatic carbocycles. The van der Waals surface area contributed by atoms with Crippen LogP contribution in [0.1, 0.15) is 11.1 Å². The highest BCUT2D eigenvalue weighted by Crippen LogP contribution is 2.26. The predicted octanol–water partition coefficient (Wildman–Crippen LogP) is 4.35. The van der Waals surface area contributed by atoms with Gasteiger partial charge in [-0.1, -0.05) is 34.1 Å². The maximum Gasteiger partial charge on any atom is 0.150 e. The molecule has 0 bridgehead atoms. The second-order valence-corrected chi connectivity index (χ2v) is 5.10. The molecule has 2 nitrogen and oxygen atoms in total. The smallest absolute Gasteiger partial charge is 0.150 e. The number of halogens is 3. The van der Waals surface area contributed by atoms with Gasteiger partial charge in [0.05, 0.1) is 0 Å². The molecule has 0 unspecified atom stereocenters. The molecule has 100 valence electrons. The standard InChI is InChI=1S/C14H12BrF2NO/c1-8-3-2-4-9(14(8)19)7-18-13-11(16)5-10(15)6-12(13)17/h2-6,18-19H,7H2,1H3. The van der Waals surface area contributed by atoms with Crippen LogP contribution in [0, 0.1) is 18.6 Å². The lowest BCUT2D eigenvalue weighted by atomic mass is 10.1. The Morgan fingerprint density at radius 1 is 1.21 bits per heavy atom. The molecule has 0 radical (unpaired) electrons. The lowest BCUT2D eigenvalue weighted by molar-refractivity contribution is 0.464. The van der Waals surface area contributed by atoms with Crippen LogP contribution in [0.5, 0.6) is 5.75 Å². The van der Waals surface area contributed by atoms with E-state index in [0.717, 1.165) is 5.56 Å². The van der Waals surface area contributed by atoms with E-state index in [1.54, 1.807) is 25.1 Å². The Labute approximate surface area is 118 Å². The van der Waals surface area contributed by atoms with Crippen molar-refractivity contribution in [1.29, 1.82) is 0 Å². The van der Waals surface area contributed by atoms with Gasteiger partial charge in [0.1, 0.15) is 23.1 Å². The van der Waals surface area contributed by atoms with E-state index in [0.29, 0.717) is 10.0 Å². The number of nitrogens with one attached hydrogen (secondary N) is 1. The molecular formula is C14H12BrF2NO. The summed E-state index contributed by atoms with van der Waals surface area (Å²) in [5.74, 6) is -1.23. The van der Waals surface area contributed by atoms with E-state index >= 15 is 0 Å². The van der Waals surface area contributed by atoms with Gasteiger partial charge in [0.25, 0.3) is 0 Å². The highest BCUT2D eigenvalue weighted by Gasteiger charge is 2.11. The van der Waals surface area contributed by atoms with Gasteiger partial charge >= 0.3 is 0 Å². The number of rotatable bonds is 3. The van der Waals surface area contributed by atoms with E-state index in [4.69, 9.17) is 0 Å². The molecule has 2 N–H and O–H groups in total. The number of phenols is 1. The van der Waals surface area contributed by atoms with E-state index in [9.17, 15) is 13.9 Å². The first-order valence-electron chi connectivity index (χ1n) is 5.65. The molecule has 0 aliphatic heterocycles. The molecule has 0 aliphatic carbocycles. The molecule has 0 saturated carbocycles. The fourth-order valence-electron chi connectivity index (χ4n) is 1.76. The van der Waals surface area contributed by atoms with Crippen molar-refractivity contribution in [1.82, 2.24) is 0 Å². The van der Waals surface area contributed by atoms with E-state index in [-0.39, 0.29) is 18.0 Å². The summed E-state index contributed by atoms with van der Waals surface area (Å²) in [6.07, 6.45) is 0. The molecular weight excluding hydrogens is 316 g/mol. The summed E-state index contributed by atoms with van der Waals surface area (Å²) in [6.45, 7) is 1.91. The third kappa shape index (κ3) is 3.04. The second-order valence-electron chi connectivity index (χ2n) is 4.18. The largest absolute Gasteiger partial charge is 0.507 e. The molecule has 5 heteroatoms. The SMILES string of the molecule is Cc1cccc(CNc2c(F)cc(Br)cc2F)c1O. The van der Waals surface area contributed by atoms with Crippen molar-refractivity contribution in [2.75, 3.05) is 5.32 Å². The van der Waals surface area contributed by atoms with Crippen LogP contribution in [0.25, 0.3) is 0 Å². The van der Waals surface area contributed by atoms with Crippen molar-refractivity contribution >= 4 is 21.6 Å². The minimum absolute atomic E-state index is 0.132. The molecule has 0 saturated heterocycles.